The number of nitrogens with zero attached hydrogens (tertiary/aromatic N) is 2. The summed E-state index contributed by atoms with van der Waals surface area (Å²) in [7, 11) is -3.91. The summed E-state index contributed by atoms with van der Waals surface area (Å²) in [5, 5.41) is 2.07. The van der Waals surface area contributed by atoms with Crippen molar-refractivity contribution < 1.29 is 31.1 Å². The van der Waals surface area contributed by atoms with Crippen LogP contribution in [0.4, 0.5) is 23.9 Å². The number of hydrogen-bond donors (Lipinski definition) is 2. The molecule has 0 aliphatic carbocycles. The van der Waals surface area contributed by atoms with Crippen molar-refractivity contribution in [2.45, 2.75) is 24.9 Å². The third-order valence-electron chi connectivity index (χ3n) is 3.21. The SMILES string of the molecule is COc1cccc(C(F)(F)F)c1S(=O)(=O)NC(=O)Nc1nc(C)cc(C)n1. The third kappa shape index (κ3) is 4.84. The maximum absolute atomic E-state index is 13.2. The molecule has 2 rings (SSSR count). The second-order valence-electron chi connectivity index (χ2n) is 5.37. The molecule has 2 N–H and O–H groups in total. The molecule has 1 heterocycles. The molecule has 146 valence electrons. The van der Waals surface area contributed by atoms with Crippen LogP contribution in [0.25, 0.3) is 0 Å². The van der Waals surface area contributed by atoms with E-state index in [9.17, 15) is 26.4 Å². The summed E-state index contributed by atoms with van der Waals surface area (Å²) >= 11 is 0. The Hall–Kier alpha value is -2.89. The number of aryl methyl sites for hydroxylation is 2. The lowest BCUT2D eigenvalue weighted by Crippen LogP contribution is -2.36. The number of sulfonamides is 1. The topological polar surface area (TPSA) is 110 Å². The smallest absolute Gasteiger partial charge is 0.417 e. The molecule has 0 saturated carbocycles. The van der Waals surface area contributed by atoms with Crippen LogP contribution in [0.2, 0.25) is 0 Å². The van der Waals surface area contributed by atoms with Crippen molar-refractivity contribution in [2.75, 3.05) is 12.4 Å². The number of hydrogen-bond acceptors (Lipinski definition) is 6. The van der Waals surface area contributed by atoms with Crippen LogP contribution in [0.1, 0.15) is 17.0 Å². The van der Waals surface area contributed by atoms with Gasteiger partial charge in [-0.3, -0.25) is 5.32 Å². The van der Waals surface area contributed by atoms with Crippen molar-refractivity contribution in [1.29, 1.82) is 0 Å². The Labute approximate surface area is 152 Å². The van der Waals surface area contributed by atoms with Crippen LogP contribution in [0, 0.1) is 13.8 Å². The first-order valence-electron chi connectivity index (χ1n) is 7.34. The number of ether oxygens (including phenoxy) is 1. The van der Waals surface area contributed by atoms with Crippen LogP contribution in [-0.4, -0.2) is 31.5 Å². The summed E-state index contributed by atoms with van der Waals surface area (Å²) in [5.41, 5.74) is -0.459. The van der Waals surface area contributed by atoms with Gasteiger partial charge in [-0.15, -0.1) is 0 Å². The second kappa shape index (κ2) is 7.39. The van der Waals surface area contributed by atoms with Gasteiger partial charge in [0.1, 0.15) is 10.6 Å². The summed E-state index contributed by atoms with van der Waals surface area (Å²) in [6.45, 7) is 3.25. The Balaban J connectivity index is 2.37. The van der Waals surface area contributed by atoms with Gasteiger partial charge in [-0.1, -0.05) is 6.07 Å². The van der Waals surface area contributed by atoms with E-state index in [-0.39, 0.29) is 5.95 Å². The normalized spacial score (nSPS) is 11.8. The van der Waals surface area contributed by atoms with Crippen molar-refractivity contribution in [3.05, 3.63) is 41.2 Å². The maximum Gasteiger partial charge on any atom is 0.417 e. The predicted molar refractivity (Wildman–Crippen MR) is 88.8 cm³/mol. The first-order chi connectivity index (χ1) is 12.4. The monoisotopic (exact) mass is 404 g/mol. The lowest BCUT2D eigenvalue weighted by Gasteiger charge is -2.16. The third-order valence-corrected chi connectivity index (χ3v) is 4.62. The number of halogens is 3. The molecule has 0 spiro atoms. The van der Waals surface area contributed by atoms with E-state index in [0.29, 0.717) is 17.5 Å². The van der Waals surface area contributed by atoms with Crippen molar-refractivity contribution >= 4 is 22.0 Å². The van der Waals surface area contributed by atoms with Gasteiger partial charge >= 0.3 is 12.2 Å². The molecule has 27 heavy (non-hydrogen) atoms. The number of urea groups is 1. The number of rotatable bonds is 4. The molecule has 0 radical (unpaired) electrons. The van der Waals surface area contributed by atoms with Crippen LogP contribution in [-0.2, 0) is 16.2 Å². The summed E-state index contributed by atoms with van der Waals surface area (Å²) in [6, 6.07) is 2.89. The highest BCUT2D eigenvalue weighted by atomic mass is 32.2. The quantitative estimate of drug-likeness (QED) is 0.811. The van der Waals surface area contributed by atoms with Crippen molar-refractivity contribution in [2.24, 2.45) is 0 Å². The molecule has 1 aromatic carbocycles. The Morgan fingerprint density at radius 1 is 1.15 bits per heavy atom. The summed E-state index contributed by atoms with van der Waals surface area (Å²) in [4.78, 5) is 18.6. The molecule has 8 nitrogen and oxygen atoms in total. The second-order valence-corrected chi connectivity index (χ2v) is 6.99. The zero-order valence-corrected chi connectivity index (χ0v) is 15.2. The number of alkyl halides is 3. The summed E-state index contributed by atoms with van der Waals surface area (Å²) in [6.07, 6.45) is -4.98. The van der Waals surface area contributed by atoms with Crippen LogP contribution in [0.5, 0.6) is 5.75 Å². The molecule has 0 aliphatic rings. The number of aromatic nitrogens is 2. The van der Waals surface area contributed by atoms with Crippen molar-refractivity contribution in [1.82, 2.24) is 14.7 Å². The maximum atomic E-state index is 13.2. The molecule has 2 amide bonds. The predicted octanol–water partition coefficient (Wildman–Crippen LogP) is 2.63. The average molecular weight is 404 g/mol. The molecule has 0 bridgehead atoms. The average Bonchev–Trinajstić information content (AvgIpc) is 2.51. The van der Waals surface area contributed by atoms with E-state index in [1.165, 1.54) is 4.72 Å². The van der Waals surface area contributed by atoms with Gasteiger partial charge in [0, 0.05) is 11.4 Å². The number of nitrogens with one attached hydrogen (secondary N) is 2. The highest BCUT2D eigenvalue weighted by molar-refractivity contribution is 7.90. The number of carbonyl (C=O) groups excluding carboxylic acids is 1. The van der Waals surface area contributed by atoms with E-state index in [4.69, 9.17) is 4.74 Å². The Morgan fingerprint density at radius 3 is 2.26 bits per heavy atom. The first-order valence-corrected chi connectivity index (χ1v) is 8.82. The van der Waals surface area contributed by atoms with Crippen LogP contribution in [0.15, 0.2) is 29.2 Å². The molecule has 0 saturated heterocycles. The van der Waals surface area contributed by atoms with Gasteiger partial charge in [-0.2, -0.15) is 13.2 Å². The highest BCUT2D eigenvalue weighted by Crippen LogP contribution is 2.38. The molecule has 1 aromatic heterocycles. The fourth-order valence-electron chi connectivity index (χ4n) is 2.26. The van der Waals surface area contributed by atoms with Gasteiger partial charge in [-0.05, 0) is 32.0 Å². The summed E-state index contributed by atoms with van der Waals surface area (Å²) < 4.78 is 70.7. The minimum absolute atomic E-state index is 0.198. The van der Waals surface area contributed by atoms with Gasteiger partial charge in [0.2, 0.25) is 5.95 Å². The lowest BCUT2D eigenvalue weighted by atomic mass is 10.2. The number of methoxy groups -OCH3 is 1. The van der Waals surface area contributed by atoms with E-state index < -0.39 is 38.4 Å². The summed E-state index contributed by atoms with van der Waals surface area (Å²) in [5.74, 6) is -0.760. The van der Waals surface area contributed by atoms with Crippen molar-refractivity contribution in [3.63, 3.8) is 0 Å². The standard InChI is InChI=1S/C15H15F3N4O4S/c1-8-7-9(2)20-13(19-8)21-14(23)22-27(24,25)12-10(15(16,17)18)5-4-6-11(12)26-3/h4-7H,1-3H3,(H2,19,20,21,22,23). The Bertz CT molecular complexity index is 957. The number of carbonyl (C=O) groups is 1. The Morgan fingerprint density at radius 2 is 1.74 bits per heavy atom. The molecule has 2 aromatic rings. The van der Waals surface area contributed by atoms with E-state index in [2.05, 4.69) is 15.3 Å². The number of amides is 2. The van der Waals surface area contributed by atoms with Crippen LogP contribution < -0.4 is 14.8 Å². The number of anilines is 1. The largest absolute Gasteiger partial charge is 0.495 e. The van der Waals surface area contributed by atoms with E-state index >= 15 is 0 Å². The minimum Gasteiger partial charge on any atom is -0.495 e. The van der Waals surface area contributed by atoms with E-state index in [1.807, 2.05) is 0 Å². The van der Waals surface area contributed by atoms with Gasteiger partial charge in [-0.25, -0.2) is 27.9 Å². The zero-order valence-electron chi connectivity index (χ0n) is 14.4. The Kier molecular flexibility index (Phi) is 5.59. The van der Waals surface area contributed by atoms with Crippen LogP contribution >= 0.6 is 0 Å². The van der Waals surface area contributed by atoms with Gasteiger partial charge < -0.3 is 4.74 Å². The minimum atomic E-state index is -4.98. The highest BCUT2D eigenvalue weighted by Gasteiger charge is 2.39. The molecule has 12 heteroatoms. The molecule has 0 aliphatic heterocycles. The van der Waals surface area contributed by atoms with E-state index in [0.717, 1.165) is 19.2 Å². The molecule has 0 unspecified atom stereocenters. The fraction of sp³-hybridized carbons (Fsp3) is 0.267. The zero-order chi connectivity index (χ0) is 20.4. The fourth-order valence-corrected chi connectivity index (χ4v) is 3.55. The number of benzene rings is 1. The van der Waals surface area contributed by atoms with E-state index in [1.54, 1.807) is 19.9 Å². The molecular formula is C15H15F3N4O4S. The molecular weight excluding hydrogens is 389 g/mol. The lowest BCUT2D eigenvalue weighted by molar-refractivity contribution is -0.140. The van der Waals surface area contributed by atoms with Crippen molar-refractivity contribution in [3.8, 4) is 5.75 Å². The van der Waals surface area contributed by atoms with Gasteiger partial charge in [0.15, 0.2) is 0 Å². The van der Waals surface area contributed by atoms with Gasteiger partial charge in [0.25, 0.3) is 10.0 Å². The van der Waals surface area contributed by atoms with Gasteiger partial charge in [0.05, 0.1) is 12.7 Å². The molecule has 0 fully saturated rings. The molecule has 0 atom stereocenters. The first kappa shape index (κ1) is 20.4. The van der Waals surface area contributed by atoms with Crippen LogP contribution in [0.3, 0.4) is 0 Å².